The van der Waals surface area contributed by atoms with Crippen molar-refractivity contribution in [2.45, 2.75) is 19.8 Å². The number of carbonyl (C=O) groups is 1. The number of nitrogens with zero attached hydrogens (tertiary/aromatic N) is 2. The van der Waals surface area contributed by atoms with Crippen molar-refractivity contribution in [2.75, 3.05) is 0 Å². The van der Waals surface area contributed by atoms with Crippen LogP contribution >= 0.6 is 0 Å². The van der Waals surface area contributed by atoms with Gasteiger partial charge in [-0.3, -0.25) is 4.79 Å². The zero-order valence-corrected chi connectivity index (χ0v) is 12.9. The summed E-state index contributed by atoms with van der Waals surface area (Å²) >= 11 is 0. The SMILES string of the molecule is CC#Cc1[nH]c2nc([C@H](C)c3ccccc3)ncc2c1C(N)=O. The molecule has 23 heavy (non-hydrogen) atoms. The first kappa shape index (κ1) is 14.8. The molecule has 5 heteroatoms. The van der Waals surface area contributed by atoms with Crippen LogP contribution in [0.2, 0.25) is 0 Å². The molecule has 0 aliphatic carbocycles. The fourth-order valence-electron chi connectivity index (χ4n) is 2.56. The molecule has 0 fully saturated rings. The summed E-state index contributed by atoms with van der Waals surface area (Å²) < 4.78 is 0. The third-order valence-electron chi connectivity index (χ3n) is 3.75. The zero-order valence-electron chi connectivity index (χ0n) is 12.9. The average Bonchev–Trinajstić information content (AvgIpc) is 2.92. The number of H-pyrrole nitrogens is 1. The number of primary amides is 1. The molecule has 0 spiro atoms. The highest BCUT2D eigenvalue weighted by atomic mass is 16.1. The van der Waals surface area contributed by atoms with Crippen molar-refractivity contribution in [1.82, 2.24) is 15.0 Å². The van der Waals surface area contributed by atoms with Gasteiger partial charge in [-0.15, -0.1) is 0 Å². The van der Waals surface area contributed by atoms with Gasteiger partial charge in [0.25, 0.3) is 5.91 Å². The van der Waals surface area contributed by atoms with E-state index in [-0.39, 0.29) is 5.92 Å². The zero-order chi connectivity index (χ0) is 16.4. The Morgan fingerprint density at radius 2 is 2.04 bits per heavy atom. The number of fused-ring (bicyclic) bond motifs is 1. The molecule has 0 unspecified atom stereocenters. The number of benzene rings is 1. The van der Waals surface area contributed by atoms with Crippen LogP contribution < -0.4 is 5.73 Å². The lowest BCUT2D eigenvalue weighted by Gasteiger charge is -2.10. The normalized spacial score (nSPS) is 11.7. The van der Waals surface area contributed by atoms with Crippen LogP contribution in [0, 0.1) is 11.8 Å². The minimum Gasteiger partial charge on any atom is -0.365 e. The predicted octanol–water partition coefficient (Wildman–Crippen LogP) is 2.58. The van der Waals surface area contributed by atoms with Crippen molar-refractivity contribution in [1.29, 1.82) is 0 Å². The van der Waals surface area contributed by atoms with Gasteiger partial charge in [-0.25, -0.2) is 9.97 Å². The first-order valence-corrected chi connectivity index (χ1v) is 7.28. The third kappa shape index (κ3) is 2.67. The minimum absolute atomic E-state index is 0.0432. The quantitative estimate of drug-likeness (QED) is 0.729. The predicted molar refractivity (Wildman–Crippen MR) is 88.9 cm³/mol. The molecule has 0 saturated carbocycles. The Hall–Kier alpha value is -3.13. The first-order valence-electron chi connectivity index (χ1n) is 7.28. The number of hydrogen-bond acceptors (Lipinski definition) is 3. The molecular weight excluding hydrogens is 288 g/mol. The Morgan fingerprint density at radius 1 is 1.30 bits per heavy atom. The van der Waals surface area contributed by atoms with Crippen molar-refractivity contribution in [2.24, 2.45) is 5.73 Å². The lowest BCUT2D eigenvalue weighted by Crippen LogP contribution is -2.12. The number of aromatic amines is 1. The van der Waals surface area contributed by atoms with Crippen molar-refractivity contribution in [3.8, 4) is 11.8 Å². The van der Waals surface area contributed by atoms with Gasteiger partial charge in [0, 0.05) is 12.1 Å². The van der Waals surface area contributed by atoms with Gasteiger partial charge in [0.2, 0.25) is 0 Å². The van der Waals surface area contributed by atoms with Gasteiger partial charge >= 0.3 is 0 Å². The van der Waals surface area contributed by atoms with Crippen LogP contribution in [-0.4, -0.2) is 20.9 Å². The fourth-order valence-corrected chi connectivity index (χ4v) is 2.56. The number of nitrogens with two attached hydrogens (primary N) is 1. The monoisotopic (exact) mass is 304 g/mol. The second-order valence-electron chi connectivity index (χ2n) is 5.24. The average molecular weight is 304 g/mol. The highest BCUT2D eigenvalue weighted by Gasteiger charge is 2.19. The molecule has 0 radical (unpaired) electrons. The summed E-state index contributed by atoms with van der Waals surface area (Å²) in [5, 5.41) is 0.597. The maximum Gasteiger partial charge on any atom is 0.252 e. The van der Waals surface area contributed by atoms with E-state index in [0.29, 0.717) is 28.1 Å². The molecule has 0 aliphatic rings. The van der Waals surface area contributed by atoms with Gasteiger partial charge in [-0.05, 0) is 18.4 Å². The van der Waals surface area contributed by atoms with Crippen LogP contribution in [0.3, 0.4) is 0 Å². The molecule has 5 nitrogen and oxygen atoms in total. The van der Waals surface area contributed by atoms with Crippen LogP contribution in [0.1, 0.15) is 47.2 Å². The maximum absolute atomic E-state index is 11.7. The topological polar surface area (TPSA) is 84.7 Å². The summed E-state index contributed by atoms with van der Waals surface area (Å²) in [6.07, 6.45) is 1.63. The molecule has 3 N–H and O–H groups in total. The number of carbonyl (C=O) groups excluding carboxylic acids is 1. The van der Waals surface area contributed by atoms with E-state index < -0.39 is 5.91 Å². The molecule has 3 rings (SSSR count). The lowest BCUT2D eigenvalue weighted by molar-refractivity contribution is 0.100. The summed E-state index contributed by atoms with van der Waals surface area (Å²) in [5.74, 6) is 5.80. The molecule has 0 bridgehead atoms. The smallest absolute Gasteiger partial charge is 0.252 e. The van der Waals surface area contributed by atoms with Crippen LogP contribution in [-0.2, 0) is 0 Å². The largest absolute Gasteiger partial charge is 0.365 e. The lowest BCUT2D eigenvalue weighted by atomic mass is 10.0. The summed E-state index contributed by atoms with van der Waals surface area (Å²) in [5.41, 5.74) is 7.98. The second kappa shape index (κ2) is 5.93. The molecule has 2 heterocycles. The molecule has 1 aromatic carbocycles. The molecule has 114 valence electrons. The van der Waals surface area contributed by atoms with Gasteiger partial charge in [0.05, 0.1) is 10.9 Å². The molecule has 1 amide bonds. The third-order valence-corrected chi connectivity index (χ3v) is 3.75. The number of aromatic nitrogens is 3. The van der Waals surface area contributed by atoms with Gasteiger partial charge in [0.1, 0.15) is 17.2 Å². The van der Waals surface area contributed by atoms with E-state index in [0.717, 1.165) is 5.56 Å². The van der Waals surface area contributed by atoms with E-state index in [1.54, 1.807) is 13.1 Å². The highest BCUT2D eigenvalue weighted by molar-refractivity contribution is 6.07. The first-order chi connectivity index (χ1) is 11.1. The van der Waals surface area contributed by atoms with Gasteiger partial charge in [-0.2, -0.15) is 0 Å². The summed E-state index contributed by atoms with van der Waals surface area (Å²) in [4.78, 5) is 23.7. The van der Waals surface area contributed by atoms with E-state index in [4.69, 9.17) is 5.73 Å². The molecule has 0 saturated heterocycles. The van der Waals surface area contributed by atoms with Crippen LogP contribution in [0.4, 0.5) is 0 Å². The van der Waals surface area contributed by atoms with Gasteiger partial charge in [0.15, 0.2) is 0 Å². The molecule has 0 aliphatic heterocycles. The minimum atomic E-state index is -0.540. The number of rotatable bonds is 3. The van der Waals surface area contributed by atoms with Crippen molar-refractivity contribution >= 4 is 16.9 Å². The van der Waals surface area contributed by atoms with Gasteiger partial charge in [-0.1, -0.05) is 43.2 Å². The number of hydrogen-bond donors (Lipinski definition) is 2. The van der Waals surface area contributed by atoms with E-state index in [1.165, 1.54) is 0 Å². The highest BCUT2D eigenvalue weighted by Crippen LogP contribution is 2.24. The summed E-state index contributed by atoms with van der Waals surface area (Å²) in [6, 6.07) is 10.0. The van der Waals surface area contributed by atoms with Crippen LogP contribution in [0.15, 0.2) is 36.5 Å². The van der Waals surface area contributed by atoms with Crippen molar-refractivity contribution < 1.29 is 4.79 Å². The second-order valence-corrected chi connectivity index (χ2v) is 5.24. The Balaban J connectivity index is 2.12. The Morgan fingerprint density at radius 3 is 2.70 bits per heavy atom. The van der Waals surface area contributed by atoms with E-state index in [1.807, 2.05) is 37.3 Å². The molecular formula is C18H16N4O. The van der Waals surface area contributed by atoms with Crippen LogP contribution in [0.25, 0.3) is 11.0 Å². The van der Waals surface area contributed by atoms with Crippen molar-refractivity contribution in [3.63, 3.8) is 0 Å². The Bertz CT molecular complexity index is 932. The van der Waals surface area contributed by atoms with E-state index in [2.05, 4.69) is 26.8 Å². The summed E-state index contributed by atoms with van der Waals surface area (Å²) in [6.45, 7) is 3.74. The van der Waals surface area contributed by atoms with E-state index >= 15 is 0 Å². The Kier molecular flexibility index (Phi) is 3.82. The molecule has 2 aromatic heterocycles. The maximum atomic E-state index is 11.7. The Labute approximate surface area is 134 Å². The standard InChI is InChI=1S/C18H16N4O/c1-3-7-14-15(16(19)23)13-10-20-17(22-18(13)21-14)11(2)12-8-5-4-6-9-12/h4-6,8-11H,1-2H3,(H2,19,23)(H,20,21,22)/t11-/m1/s1. The summed E-state index contributed by atoms with van der Waals surface area (Å²) in [7, 11) is 0. The van der Waals surface area contributed by atoms with E-state index in [9.17, 15) is 4.79 Å². The van der Waals surface area contributed by atoms with Crippen LogP contribution in [0.5, 0.6) is 0 Å². The fraction of sp³-hybridized carbons (Fsp3) is 0.167. The van der Waals surface area contributed by atoms with Crippen molar-refractivity contribution in [3.05, 3.63) is 59.2 Å². The molecule has 3 aromatic rings. The number of nitrogens with one attached hydrogen (secondary N) is 1. The van der Waals surface area contributed by atoms with Gasteiger partial charge < -0.3 is 10.7 Å². The molecule has 1 atom stereocenters. The number of amides is 1.